The number of ether oxygens (including phenoxy) is 4. The number of carbonyl (C=O) groups is 4. The molecule has 17 nitrogen and oxygen atoms in total. The molecule has 0 aliphatic rings. The zero-order chi connectivity index (χ0) is 74.2. The first-order valence-corrected chi connectivity index (χ1v) is 45.5. The molecule has 0 aromatic rings. The Morgan fingerprint density at radius 2 is 0.505 bits per heavy atom. The number of carbonyl (C=O) groups excluding carboxylic acids is 4. The summed E-state index contributed by atoms with van der Waals surface area (Å²) in [4.78, 5) is 73.0. The smallest absolute Gasteiger partial charge is 0.462 e. The lowest BCUT2D eigenvalue weighted by molar-refractivity contribution is -0.161. The second-order valence-corrected chi connectivity index (χ2v) is 33.1. The molecule has 6 atom stereocenters. The predicted octanol–water partition coefficient (Wildman–Crippen LogP) is 24.7. The molecular weight excluding hydrogens is 1320 g/mol. The molecule has 0 spiro atoms. The summed E-state index contributed by atoms with van der Waals surface area (Å²) < 4.78 is 68.7. The van der Waals surface area contributed by atoms with Gasteiger partial charge in [-0.25, -0.2) is 9.13 Å². The van der Waals surface area contributed by atoms with Crippen molar-refractivity contribution in [1.29, 1.82) is 0 Å². The van der Waals surface area contributed by atoms with E-state index in [1.807, 2.05) is 0 Å². The molecule has 0 heterocycles. The van der Waals surface area contributed by atoms with Crippen molar-refractivity contribution in [3.8, 4) is 0 Å². The molecule has 3 N–H and O–H groups in total. The van der Waals surface area contributed by atoms with Crippen LogP contribution in [0, 0.1) is 11.8 Å². The van der Waals surface area contributed by atoms with E-state index in [1.54, 1.807) is 0 Å². The first-order valence-electron chi connectivity index (χ1n) is 42.5. The van der Waals surface area contributed by atoms with Crippen LogP contribution in [0.15, 0.2) is 0 Å². The molecule has 0 aromatic heterocycles. The zero-order valence-corrected chi connectivity index (χ0v) is 68.0. The SMILES string of the molecule is CCCCCCCCCCCCCCCCCCCC(=O)OC[C@H](COP(=O)(O)OC[C@@H](O)COP(=O)(O)OC[C@@H](COC(=O)CCCCCCCCCCC)OC(=O)CCCCCCCCCCCCC(C)C)OC(=O)CCCCCCCCCCCCCCCCCCCCC(C)CC. The number of esters is 4. The van der Waals surface area contributed by atoms with Crippen LogP contribution in [0.2, 0.25) is 0 Å². The van der Waals surface area contributed by atoms with Gasteiger partial charge in [0.15, 0.2) is 12.2 Å². The van der Waals surface area contributed by atoms with Crippen LogP contribution in [0.1, 0.15) is 433 Å². The van der Waals surface area contributed by atoms with E-state index in [9.17, 15) is 43.2 Å². The number of hydrogen-bond donors (Lipinski definition) is 3. The van der Waals surface area contributed by atoms with Crippen molar-refractivity contribution >= 4 is 39.5 Å². The maximum absolute atomic E-state index is 13.1. The van der Waals surface area contributed by atoms with Gasteiger partial charge in [-0.15, -0.1) is 0 Å². The Hall–Kier alpha value is -1.94. The lowest BCUT2D eigenvalue weighted by atomic mass is 9.99. The number of unbranched alkanes of at least 4 members (excludes halogenated alkanes) is 50. The Bertz CT molecular complexity index is 1940. The van der Waals surface area contributed by atoms with E-state index in [0.717, 1.165) is 102 Å². The number of hydrogen-bond acceptors (Lipinski definition) is 15. The number of rotatable bonds is 81. The summed E-state index contributed by atoms with van der Waals surface area (Å²) in [5.41, 5.74) is 0. The van der Waals surface area contributed by atoms with Gasteiger partial charge in [0.25, 0.3) is 0 Å². The predicted molar refractivity (Wildman–Crippen MR) is 414 cm³/mol. The summed E-state index contributed by atoms with van der Waals surface area (Å²) in [5.74, 6) is -0.486. The van der Waals surface area contributed by atoms with Crippen LogP contribution in [0.25, 0.3) is 0 Å². The van der Waals surface area contributed by atoms with Crippen LogP contribution >= 0.6 is 15.6 Å². The van der Waals surface area contributed by atoms with E-state index >= 15 is 0 Å². The molecule has 0 amide bonds. The van der Waals surface area contributed by atoms with Gasteiger partial charge in [-0.1, -0.05) is 382 Å². The third kappa shape index (κ3) is 74.7. The molecule has 0 aromatic carbocycles. The molecule has 600 valence electrons. The summed E-state index contributed by atoms with van der Waals surface area (Å²) >= 11 is 0. The van der Waals surface area contributed by atoms with Crippen LogP contribution < -0.4 is 0 Å². The molecule has 0 saturated heterocycles. The highest BCUT2D eigenvalue weighted by Gasteiger charge is 2.30. The third-order valence-electron chi connectivity index (χ3n) is 19.6. The van der Waals surface area contributed by atoms with Gasteiger partial charge in [-0.3, -0.25) is 37.3 Å². The average molecular weight is 1480 g/mol. The molecule has 0 saturated carbocycles. The quantitative estimate of drug-likeness (QED) is 0.0222. The van der Waals surface area contributed by atoms with Crippen molar-refractivity contribution in [2.45, 2.75) is 452 Å². The van der Waals surface area contributed by atoms with Gasteiger partial charge in [0, 0.05) is 25.7 Å². The van der Waals surface area contributed by atoms with Crippen molar-refractivity contribution in [1.82, 2.24) is 0 Å². The highest BCUT2D eigenvalue weighted by molar-refractivity contribution is 7.47. The Kier molecular flexibility index (Phi) is 72.2. The van der Waals surface area contributed by atoms with Crippen molar-refractivity contribution in [2.75, 3.05) is 39.6 Å². The summed E-state index contributed by atoms with van der Waals surface area (Å²) in [6.07, 6.45) is 63.9. The first-order chi connectivity index (χ1) is 48.9. The minimum absolute atomic E-state index is 0.106. The van der Waals surface area contributed by atoms with Gasteiger partial charge in [-0.2, -0.15) is 0 Å². The lowest BCUT2D eigenvalue weighted by Gasteiger charge is -2.21. The molecule has 0 radical (unpaired) electrons. The second-order valence-electron chi connectivity index (χ2n) is 30.2. The minimum Gasteiger partial charge on any atom is -0.462 e. The molecule has 0 rings (SSSR count). The van der Waals surface area contributed by atoms with Crippen LogP contribution in [0.4, 0.5) is 0 Å². The third-order valence-corrected chi connectivity index (χ3v) is 21.5. The monoisotopic (exact) mass is 1480 g/mol. The number of phosphoric acid groups is 2. The van der Waals surface area contributed by atoms with Crippen molar-refractivity contribution in [3.63, 3.8) is 0 Å². The van der Waals surface area contributed by atoms with E-state index in [1.165, 1.54) is 250 Å². The zero-order valence-electron chi connectivity index (χ0n) is 66.2. The fourth-order valence-corrected chi connectivity index (χ4v) is 14.3. The average Bonchev–Trinajstić information content (AvgIpc) is 0.990. The maximum Gasteiger partial charge on any atom is 0.472 e. The molecule has 0 bridgehead atoms. The van der Waals surface area contributed by atoms with Gasteiger partial charge in [0.2, 0.25) is 0 Å². The van der Waals surface area contributed by atoms with Crippen LogP contribution in [0.3, 0.4) is 0 Å². The highest BCUT2D eigenvalue weighted by Crippen LogP contribution is 2.45. The summed E-state index contributed by atoms with van der Waals surface area (Å²) in [6, 6.07) is 0. The summed E-state index contributed by atoms with van der Waals surface area (Å²) in [7, 11) is -9.92. The van der Waals surface area contributed by atoms with E-state index in [4.69, 9.17) is 37.0 Å². The van der Waals surface area contributed by atoms with E-state index < -0.39 is 97.5 Å². The number of aliphatic hydroxyl groups is 1. The van der Waals surface area contributed by atoms with Gasteiger partial charge in [0.1, 0.15) is 19.3 Å². The first kappa shape index (κ1) is 99.1. The normalized spacial score (nSPS) is 14.2. The molecule has 0 fully saturated rings. The number of aliphatic hydroxyl groups excluding tert-OH is 1. The second kappa shape index (κ2) is 73.6. The van der Waals surface area contributed by atoms with Crippen molar-refractivity contribution < 1.29 is 80.2 Å². The molecule has 19 heteroatoms. The topological polar surface area (TPSA) is 237 Å². The maximum atomic E-state index is 13.1. The fourth-order valence-electron chi connectivity index (χ4n) is 12.7. The Balaban J connectivity index is 5.20. The van der Waals surface area contributed by atoms with E-state index in [2.05, 4.69) is 41.5 Å². The van der Waals surface area contributed by atoms with Crippen LogP contribution in [0.5, 0.6) is 0 Å². The molecule has 3 unspecified atom stereocenters. The Morgan fingerprint density at radius 1 is 0.287 bits per heavy atom. The van der Waals surface area contributed by atoms with E-state index in [0.29, 0.717) is 25.7 Å². The van der Waals surface area contributed by atoms with Gasteiger partial charge in [0.05, 0.1) is 26.4 Å². The standard InChI is InChI=1S/C82H160O17P2/c1-7-10-12-14-16-18-19-20-21-24-28-31-34-41-47-53-59-65-80(85)93-71-78(98-81(86)66-60-54-48-42-35-32-29-26-23-22-25-27-30-33-40-45-51-57-63-75(6)9-3)73-97-101(90,91)95-69-76(83)68-94-100(88,89)96-72-77(70-92-79(84)64-58-52-46-38-17-15-13-11-8-2)99-82(87)67-61-55-49-43-37-36-39-44-50-56-62-74(4)5/h74-78,83H,7-73H2,1-6H3,(H,88,89)(H,90,91)/t75?,76-,77+,78+/m0/s1. The van der Waals surface area contributed by atoms with Gasteiger partial charge < -0.3 is 33.8 Å². The van der Waals surface area contributed by atoms with Crippen LogP contribution in [-0.2, 0) is 65.4 Å². The van der Waals surface area contributed by atoms with Gasteiger partial charge in [-0.05, 0) is 37.5 Å². The van der Waals surface area contributed by atoms with Gasteiger partial charge >= 0.3 is 39.5 Å². The van der Waals surface area contributed by atoms with Crippen LogP contribution in [-0.4, -0.2) is 96.7 Å². The molecule has 0 aliphatic carbocycles. The lowest BCUT2D eigenvalue weighted by Crippen LogP contribution is -2.30. The summed E-state index contributed by atoms with van der Waals surface area (Å²) in [5, 5.41) is 10.6. The summed E-state index contributed by atoms with van der Waals surface area (Å²) in [6.45, 7) is 9.68. The largest absolute Gasteiger partial charge is 0.472 e. The highest BCUT2D eigenvalue weighted by atomic mass is 31.2. The fraction of sp³-hybridized carbons (Fsp3) is 0.951. The molecule has 101 heavy (non-hydrogen) atoms. The van der Waals surface area contributed by atoms with E-state index in [-0.39, 0.29) is 25.7 Å². The number of phosphoric ester groups is 2. The van der Waals surface area contributed by atoms with Crippen molar-refractivity contribution in [3.05, 3.63) is 0 Å². The molecular formula is C82H160O17P2. The van der Waals surface area contributed by atoms with Crippen molar-refractivity contribution in [2.24, 2.45) is 11.8 Å². The minimum atomic E-state index is -4.96. The Labute approximate surface area is 619 Å². The Morgan fingerprint density at radius 3 is 0.752 bits per heavy atom. The molecule has 0 aliphatic heterocycles.